The third-order valence-electron chi connectivity index (χ3n) is 3.32. The van der Waals surface area contributed by atoms with E-state index < -0.39 is 5.82 Å². The van der Waals surface area contributed by atoms with E-state index in [-0.39, 0.29) is 5.78 Å². The van der Waals surface area contributed by atoms with E-state index in [1.165, 1.54) is 12.1 Å². The lowest BCUT2D eigenvalue weighted by atomic mass is 9.98. The van der Waals surface area contributed by atoms with Crippen molar-refractivity contribution in [2.45, 2.75) is 6.92 Å². The van der Waals surface area contributed by atoms with Crippen LogP contribution in [0.2, 0.25) is 0 Å². The monoisotopic (exact) mass is 350 g/mol. The number of carbonyl (C=O) groups is 1. The van der Waals surface area contributed by atoms with Crippen molar-refractivity contribution in [3.8, 4) is 11.5 Å². The van der Waals surface area contributed by atoms with Gasteiger partial charge in [0, 0.05) is 15.6 Å². The van der Waals surface area contributed by atoms with Gasteiger partial charge >= 0.3 is 0 Å². The second-order valence-electron chi connectivity index (χ2n) is 4.76. The Balaban J connectivity index is 2.07. The molecular formula is C16H12BrFO3. The van der Waals surface area contributed by atoms with Crippen LogP contribution in [0.3, 0.4) is 0 Å². The number of halogens is 2. The first kappa shape index (κ1) is 14.1. The fraction of sp³-hybridized carbons (Fsp3) is 0.188. The van der Waals surface area contributed by atoms with Gasteiger partial charge < -0.3 is 9.47 Å². The highest BCUT2D eigenvalue weighted by atomic mass is 79.9. The zero-order chi connectivity index (χ0) is 15.0. The normalized spacial score (nSPS) is 13.1. The molecule has 0 bridgehead atoms. The van der Waals surface area contributed by atoms with E-state index in [1.807, 2.05) is 0 Å². The van der Waals surface area contributed by atoms with Gasteiger partial charge in [0.05, 0.1) is 0 Å². The van der Waals surface area contributed by atoms with Gasteiger partial charge in [-0.3, -0.25) is 4.79 Å². The Kier molecular flexibility index (Phi) is 3.68. The second-order valence-corrected chi connectivity index (χ2v) is 5.62. The zero-order valence-electron chi connectivity index (χ0n) is 11.3. The van der Waals surface area contributed by atoms with Gasteiger partial charge in [-0.2, -0.15) is 0 Å². The summed E-state index contributed by atoms with van der Waals surface area (Å²) in [6, 6.07) is 7.52. The predicted molar refractivity (Wildman–Crippen MR) is 79.7 cm³/mol. The molecule has 5 heteroatoms. The second kappa shape index (κ2) is 5.48. The summed E-state index contributed by atoms with van der Waals surface area (Å²) in [5.74, 6) is 0.441. The van der Waals surface area contributed by atoms with Crippen LogP contribution in [0.5, 0.6) is 11.5 Å². The van der Waals surface area contributed by atoms with Crippen molar-refractivity contribution in [3.63, 3.8) is 0 Å². The van der Waals surface area contributed by atoms with Crippen molar-refractivity contribution in [2.75, 3.05) is 13.2 Å². The van der Waals surface area contributed by atoms with Gasteiger partial charge in [0.15, 0.2) is 17.3 Å². The van der Waals surface area contributed by atoms with Crippen molar-refractivity contribution in [1.29, 1.82) is 0 Å². The van der Waals surface area contributed by atoms with Crippen LogP contribution in [0.4, 0.5) is 4.39 Å². The van der Waals surface area contributed by atoms with Crippen LogP contribution in [0, 0.1) is 12.7 Å². The summed E-state index contributed by atoms with van der Waals surface area (Å²) in [6.07, 6.45) is 0. The molecule has 1 aliphatic heterocycles. The average Bonchev–Trinajstić information content (AvgIpc) is 2.48. The largest absolute Gasteiger partial charge is 0.486 e. The Hall–Kier alpha value is -1.88. The molecule has 1 aliphatic rings. The predicted octanol–water partition coefficient (Wildman–Crippen LogP) is 3.90. The molecule has 0 fully saturated rings. The number of fused-ring (bicyclic) bond motifs is 1. The van der Waals surface area contributed by atoms with Crippen LogP contribution in [0.1, 0.15) is 21.5 Å². The number of hydrogen-bond acceptors (Lipinski definition) is 3. The van der Waals surface area contributed by atoms with Gasteiger partial charge in [0.25, 0.3) is 0 Å². The Labute approximate surface area is 129 Å². The Morgan fingerprint density at radius 1 is 1.10 bits per heavy atom. The molecule has 0 aromatic heterocycles. The number of rotatable bonds is 2. The molecule has 0 saturated heterocycles. The van der Waals surface area contributed by atoms with Crippen LogP contribution in [-0.2, 0) is 0 Å². The zero-order valence-corrected chi connectivity index (χ0v) is 12.9. The number of aryl methyl sites for hydroxylation is 1. The van der Waals surface area contributed by atoms with Gasteiger partial charge in [-0.25, -0.2) is 4.39 Å². The molecule has 21 heavy (non-hydrogen) atoms. The standard InChI is InChI=1S/C16H12BrFO3/c1-9-2-3-10(18)6-11(9)16(19)12-7-14-15(8-13(12)17)21-5-4-20-14/h2-3,6-8H,4-5H2,1H3. The smallest absolute Gasteiger partial charge is 0.194 e. The van der Waals surface area contributed by atoms with Crippen LogP contribution in [-0.4, -0.2) is 19.0 Å². The lowest BCUT2D eigenvalue weighted by Crippen LogP contribution is -2.16. The molecule has 1 heterocycles. The van der Waals surface area contributed by atoms with Crippen LogP contribution in [0.25, 0.3) is 0 Å². The summed E-state index contributed by atoms with van der Waals surface area (Å²) >= 11 is 3.37. The van der Waals surface area contributed by atoms with Gasteiger partial charge in [-0.15, -0.1) is 0 Å². The molecule has 0 amide bonds. The topological polar surface area (TPSA) is 35.5 Å². The molecular weight excluding hydrogens is 339 g/mol. The molecule has 3 rings (SSSR count). The van der Waals surface area contributed by atoms with Gasteiger partial charge in [0.2, 0.25) is 0 Å². The minimum atomic E-state index is -0.433. The lowest BCUT2D eigenvalue weighted by molar-refractivity contribution is 0.103. The quantitative estimate of drug-likeness (QED) is 0.770. The SMILES string of the molecule is Cc1ccc(F)cc1C(=O)c1cc2c(cc1Br)OCCO2. The van der Waals surface area contributed by atoms with E-state index in [9.17, 15) is 9.18 Å². The van der Waals surface area contributed by atoms with Gasteiger partial charge in [-0.05, 0) is 52.7 Å². The number of hydrogen-bond donors (Lipinski definition) is 0. The first-order valence-corrected chi connectivity index (χ1v) is 7.25. The van der Waals surface area contributed by atoms with E-state index in [1.54, 1.807) is 25.1 Å². The minimum absolute atomic E-state index is 0.254. The summed E-state index contributed by atoms with van der Waals surface area (Å²) in [5.41, 5.74) is 1.49. The van der Waals surface area contributed by atoms with Crippen molar-refractivity contribution in [2.24, 2.45) is 0 Å². The van der Waals surface area contributed by atoms with Gasteiger partial charge in [0.1, 0.15) is 19.0 Å². The maximum atomic E-state index is 13.4. The lowest BCUT2D eigenvalue weighted by Gasteiger charge is -2.19. The Morgan fingerprint density at radius 3 is 2.48 bits per heavy atom. The van der Waals surface area contributed by atoms with E-state index in [4.69, 9.17) is 9.47 Å². The van der Waals surface area contributed by atoms with E-state index in [0.717, 1.165) is 5.56 Å². The molecule has 0 saturated carbocycles. The first-order valence-electron chi connectivity index (χ1n) is 6.46. The number of ether oxygens (including phenoxy) is 2. The molecule has 3 nitrogen and oxygen atoms in total. The fourth-order valence-corrected chi connectivity index (χ4v) is 2.72. The number of benzene rings is 2. The van der Waals surface area contributed by atoms with Crippen LogP contribution < -0.4 is 9.47 Å². The summed E-state index contributed by atoms with van der Waals surface area (Å²) in [6.45, 7) is 2.70. The Morgan fingerprint density at radius 2 is 1.76 bits per heavy atom. The highest BCUT2D eigenvalue weighted by Gasteiger charge is 2.21. The Bertz CT molecular complexity index is 728. The summed E-state index contributed by atoms with van der Waals surface area (Å²) in [5, 5.41) is 0. The maximum Gasteiger partial charge on any atom is 0.194 e. The molecule has 0 aliphatic carbocycles. The first-order chi connectivity index (χ1) is 10.1. The third kappa shape index (κ3) is 2.65. The molecule has 0 unspecified atom stereocenters. The van der Waals surface area contributed by atoms with E-state index in [2.05, 4.69) is 15.9 Å². The minimum Gasteiger partial charge on any atom is -0.486 e. The van der Waals surface area contributed by atoms with E-state index in [0.29, 0.717) is 40.3 Å². The highest BCUT2D eigenvalue weighted by molar-refractivity contribution is 9.10. The molecule has 2 aromatic rings. The third-order valence-corrected chi connectivity index (χ3v) is 3.98. The molecule has 0 spiro atoms. The van der Waals surface area contributed by atoms with Crippen molar-refractivity contribution < 1.29 is 18.7 Å². The molecule has 0 atom stereocenters. The van der Waals surface area contributed by atoms with Crippen LogP contribution >= 0.6 is 15.9 Å². The van der Waals surface area contributed by atoms with E-state index >= 15 is 0 Å². The van der Waals surface area contributed by atoms with Gasteiger partial charge in [-0.1, -0.05) is 6.07 Å². The molecule has 0 radical (unpaired) electrons. The van der Waals surface area contributed by atoms with Crippen LogP contribution in [0.15, 0.2) is 34.8 Å². The summed E-state index contributed by atoms with van der Waals surface area (Å²) in [7, 11) is 0. The number of carbonyl (C=O) groups excluding carboxylic acids is 1. The molecule has 108 valence electrons. The number of ketones is 1. The van der Waals surface area contributed by atoms with Crippen molar-refractivity contribution in [3.05, 3.63) is 57.3 Å². The molecule has 0 N–H and O–H groups in total. The molecule has 2 aromatic carbocycles. The fourth-order valence-electron chi connectivity index (χ4n) is 2.22. The maximum absolute atomic E-state index is 13.4. The summed E-state index contributed by atoms with van der Waals surface area (Å²) in [4.78, 5) is 12.6. The summed E-state index contributed by atoms with van der Waals surface area (Å²) < 4.78 is 24.9. The van der Waals surface area contributed by atoms with Crippen molar-refractivity contribution in [1.82, 2.24) is 0 Å². The average molecular weight is 351 g/mol. The highest BCUT2D eigenvalue weighted by Crippen LogP contribution is 2.36. The van der Waals surface area contributed by atoms with Crippen molar-refractivity contribution >= 4 is 21.7 Å².